The van der Waals surface area contributed by atoms with Gasteiger partial charge in [-0.25, -0.2) is 0 Å². The van der Waals surface area contributed by atoms with Gasteiger partial charge in [0.1, 0.15) is 0 Å². The van der Waals surface area contributed by atoms with Crippen LogP contribution < -0.4 is 24.0 Å². The second kappa shape index (κ2) is 11.3. The van der Waals surface area contributed by atoms with Gasteiger partial charge in [-0.1, -0.05) is 13.8 Å². The maximum Gasteiger partial charge on any atom is 2.00 e. The Morgan fingerprint density at radius 3 is 1.38 bits per heavy atom. The standard InChI is InChI=1S/C6H13.HI.Mg/c1-4-6(3)5-2;;/h4-5H2,1-3H3;1H;/q-1;;+2/p-1. The molecule has 0 unspecified atom stereocenters. The molecule has 0 saturated carbocycles. The molecular formula is C6H13IMg. The molecule has 0 bridgehead atoms. The van der Waals surface area contributed by atoms with E-state index in [9.17, 15) is 0 Å². The van der Waals surface area contributed by atoms with E-state index < -0.39 is 0 Å². The molecule has 0 radical (unpaired) electrons. The molecule has 2 heteroatoms. The molecule has 0 atom stereocenters. The Hall–Kier alpha value is 1.50. The van der Waals surface area contributed by atoms with Gasteiger partial charge in [0.2, 0.25) is 0 Å². The van der Waals surface area contributed by atoms with Crippen LogP contribution in [0.5, 0.6) is 0 Å². The molecule has 46 valence electrons. The van der Waals surface area contributed by atoms with Gasteiger partial charge in [0.25, 0.3) is 0 Å². The maximum absolute atomic E-state index is 2.19. The SMILES string of the molecule is CC[C-](C)CC.[I-].[Mg+2]. The van der Waals surface area contributed by atoms with Crippen molar-refractivity contribution in [1.82, 2.24) is 0 Å². The van der Waals surface area contributed by atoms with E-state index >= 15 is 0 Å². The Labute approximate surface area is 86.0 Å². The number of rotatable bonds is 2. The Morgan fingerprint density at radius 2 is 1.38 bits per heavy atom. The van der Waals surface area contributed by atoms with E-state index in [0.29, 0.717) is 0 Å². The van der Waals surface area contributed by atoms with Gasteiger partial charge < -0.3 is 29.9 Å². The van der Waals surface area contributed by atoms with Gasteiger partial charge >= 0.3 is 23.1 Å². The van der Waals surface area contributed by atoms with E-state index in [2.05, 4.69) is 20.8 Å². The van der Waals surface area contributed by atoms with Crippen LogP contribution in [0.3, 0.4) is 0 Å². The summed E-state index contributed by atoms with van der Waals surface area (Å²) in [5, 5.41) is 0. The quantitative estimate of drug-likeness (QED) is 0.329. The van der Waals surface area contributed by atoms with Crippen molar-refractivity contribution in [3.8, 4) is 0 Å². The summed E-state index contributed by atoms with van der Waals surface area (Å²) in [6.45, 7) is 6.58. The normalized spacial score (nSPS) is 7.50. The van der Waals surface area contributed by atoms with Crippen LogP contribution in [-0.4, -0.2) is 23.1 Å². The third-order valence-electron chi connectivity index (χ3n) is 1.21. The van der Waals surface area contributed by atoms with Crippen molar-refractivity contribution >= 4 is 23.1 Å². The van der Waals surface area contributed by atoms with Gasteiger partial charge in [-0.15, -0.1) is 0 Å². The fourth-order valence-electron chi connectivity index (χ4n) is 0.250. The second-order valence-electron chi connectivity index (χ2n) is 1.66. The summed E-state index contributed by atoms with van der Waals surface area (Å²) in [6, 6.07) is 0. The van der Waals surface area contributed by atoms with Gasteiger partial charge in [-0.3, -0.25) is 0 Å². The van der Waals surface area contributed by atoms with E-state index in [1.165, 1.54) is 12.8 Å². The molecule has 0 aliphatic heterocycles. The molecule has 0 aromatic carbocycles. The molecule has 0 nitrogen and oxygen atoms in total. The largest absolute Gasteiger partial charge is 2.00 e. The van der Waals surface area contributed by atoms with Crippen molar-refractivity contribution in [3.05, 3.63) is 5.92 Å². The molecule has 0 fully saturated rings. The third kappa shape index (κ3) is 10.5. The van der Waals surface area contributed by atoms with Gasteiger partial charge in [0, 0.05) is 0 Å². The van der Waals surface area contributed by atoms with Crippen molar-refractivity contribution in [2.24, 2.45) is 0 Å². The van der Waals surface area contributed by atoms with Crippen LogP contribution in [0.2, 0.25) is 0 Å². The molecule has 0 aliphatic carbocycles. The maximum atomic E-state index is 2.19. The minimum Gasteiger partial charge on any atom is -1.00 e. The molecule has 0 saturated heterocycles. The Bertz CT molecular complexity index is 27.7. The third-order valence-corrected chi connectivity index (χ3v) is 1.21. The van der Waals surface area contributed by atoms with E-state index in [1.807, 2.05) is 0 Å². The van der Waals surface area contributed by atoms with Crippen molar-refractivity contribution < 1.29 is 24.0 Å². The number of halogens is 1. The molecule has 8 heavy (non-hydrogen) atoms. The molecule has 0 aromatic heterocycles. The van der Waals surface area contributed by atoms with E-state index in [4.69, 9.17) is 0 Å². The summed E-state index contributed by atoms with van der Waals surface area (Å²) in [4.78, 5) is 0. The monoisotopic (exact) mass is 236 g/mol. The van der Waals surface area contributed by atoms with E-state index in [0.717, 1.165) is 0 Å². The van der Waals surface area contributed by atoms with Crippen LogP contribution >= 0.6 is 0 Å². The molecule has 0 N–H and O–H groups in total. The minimum atomic E-state index is 0. The Kier molecular flexibility index (Phi) is 23.0. The predicted molar refractivity (Wildman–Crippen MR) is 35.3 cm³/mol. The molecular weight excluding hydrogens is 223 g/mol. The molecule has 0 rings (SSSR count). The molecule has 0 amide bonds. The summed E-state index contributed by atoms with van der Waals surface area (Å²) in [5.74, 6) is 1.59. The van der Waals surface area contributed by atoms with Crippen molar-refractivity contribution in [1.29, 1.82) is 0 Å². The van der Waals surface area contributed by atoms with Gasteiger partial charge in [-0.05, 0) is 0 Å². The first-order valence-corrected chi connectivity index (χ1v) is 2.62. The van der Waals surface area contributed by atoms with Crippen LogP contribution in [0.25, 0.3) is 0 Å². The average molecular weight is 236 g/mol. The molecule has 0 aromatic rings. The van der Waals surface area contributed by atoms with Gasteiger partial charge in [0.15, 0.2) is 0 Å². The minimum absolute atomic E-state index is 0. The average Bonchev–Trinajstić information content (AvgIpc) is 1.65. The first-order valence-electron chi connectivity index (χ1n) is 2.62. The topological polar surface area (TPSA) is 0 Å². The van der Waals surface area contributed by atoms with Gasteiger partial charge in [-0.2, -0.15) is 19.8 Å². The summed E-state index contributed by atoms with van der Waals surface area (Å²) >= 11 is 0. The Balaban J connectivity index is -0.000000125. The van der Waals surface area contributed by atoms with Crippen molar-refractivity contribution in [2.75, 3.05) is 0 Å². The van der Waals surface area contributed by atoms with Crippen LogP contribution in [-0.2, 0) is 0 Å². The summed E-state index contributed by atoms with van der Waals surface area (Å²) < 4.78 is 0. The zero-order valence-corrected chi connectivity index (χ0v) is 9.57. The van der Waals surface area contributed by atoms with Crippen LogP contribution in [0.4, 0.5) is 0 Å². The fourth-order valence-corrected chi connectivity index (χ4v) is 0.250. The zero-order valence-electron chi connectivity index (χ0n) is 6.00. The molecule has 0 aliphatic rings. The van der Waals surface area contributed by atoms with E-state index in [1.54, 1.807) is 5.92 Å². The fraction of sp³-hybridized carbons (Fsp3) is 0.833. The van der Waals surface area contributed by atoms with Crippen LogP contribution in [0.1, 0.15) is 33.6 Å². The summed E-state index contributed by atoms with van der Waals surface area (Å²) in [7, 11) is 0. The molecule has 0 heterocycles. The smallest absolute Gasteiger partial charge is 1.00 e. The predicted octanol–water partition coefficient (Wildman–Crippen LogP) is -0.976. The number of hydrogen-bond acceptors (Lipinski definition) is 0. The molecule has 0 spiro atoms. The van der Waals surface area contributed by atoms with Crippen LogP contribution in [0.15, 0.2) is 0 Å². The van der Waals surface area contributed by atoms with Gasteiger partial charge in [0.05, 0.1) is 0 Å². The van der Waals surface area contributed by atoms with Crippen molar-refractivity contribution in [2.45, 2.75) is 33.6 Å². The van der Waals surface area contributed by atoms with E-state index in [-0.39, 0.29) is 47.0 Å². The zero-order chi connectivity index (χ0) is 4.99. The summed E-state index contributed by atoms with van der Waals surface area (Å²) in [5.41, 5.74) is 0. The summed E-state index contributed by atoms with van der Waals surface area (Å²) in [6.07, 6.45) is 2.49. The number of hydrogen-bond donors (Lipinski definition) is 0. The van der Waals surface area contributed by atoms with Crippen molar-refractivity contribution in [3.63, 3.8) is 0 Å². The van der Waals surface area contributed by atoms with Crippen LogP contribution in [0, 0.1) is 5.92 Å². The first-order chi connectivity index (χ1) is 2.81. The second-order valence-corrected chi connectivity index (χ2v) is 1.66. The Morgan fingerprint density at radius 1 is 1.12 bits per heavy atom. The first kappa shape index (κ1) is 16.2.